The van der Waals surface area contributed by atoms with Crippen molar-refractivity contribution in [3.8, 4) is 5.75 Å². The van der Waals surface area contributed by atoms with E-state index in [0.29, 0.717) is 22.6 Å². The molecule has 0 aliphatic carbocycles. The molecule has 2 N–H and O–H groups in total. The Kier molecular flexibility index (Phi) is 6.82. The Morgan fingerprint density at radius 2 is 1.69 bits per heavy atom. The fraction of sp³-hybridized carbons (Fsp3) is 0.318. The number of hydrogen-bond donors (Lipinski definition) is 2. The molecule has 3 rings (SSSR count). The summed E-state index contributed by atoms with van der Waals surface area (Å²) in [6.07, 6.45) is 2.11. The minimum atomic E-state index is -0.332. The van der Waals surface area contributed by atoms with Crippen molar-refractivity contribution in [3.63, 3.8) is 0 Å². The Labute approximate surface area is 176 Å². The molecule has 0 atom stereocenters. The topological polar surface area (TPSA) is 70.7 Å². The van der Waals surface area contributed by atoms with Crippen LogP contribution in [0.1, 0.15) is 47.4 Å². The largest absolute Gasteiger partial charge is 0.491 e. The van der Waals surface area contributed by atoms with E-state index in [2.05, 4.69) is 10.6 Å². The molecule has 152 valence electrons. The van der Waals surface area contributed by atoms with Gasteiger partial charge in [-0.1, -0.05) is 12.1 Å². The Balaban J connectivity index is 1.63. The molecular formula is C22H25N3O3S. The first-order valence-electron chi connectivity index (χ1n) is 9.71. The van der Waals surface area contributed by atoms with E-state index in [9.17, 15) is 9.59 Å². The van der Waals surface area contributed by atoms with Crippen LogP contribution in [0.2, 0.25) is 0 Å². The normalized spacial score (nSPS) is 13.3. The Morgan fingerprint density at radius 3 is 2.34 bits per heavy atom. The second kappa shape index (κ2) is 9.52. The van der Waals surface area contributed by atoms with Crippen molar-refractivity contribution < 1.29 is 14.3 Å². The van der Waals surface area contributed by atoms with Gasteiger partial charge in [0, 0.05) is 18.7 Å². The third kappa shape index (κ3) is 5.54. The van der Waals surface area contributed by atoms with Crippen LogP contribution in [0, 0.1) is 0 Å². The van der Waals surface area contributed by atoms with Gasteiger partial charge in [0.15, 0.2) is 5.11 Å². The van der Waals surface area contributed by atoms with Crippen molar-refractivity contribution in [2.24, 2.45) is 0 Å². The fourth-order valence-electron chi connectivity index (χ4n) is 3.16. The maximum atomic E-state index is 12.7. The van der Waals surface area contributed by atoms with Crippen LogP contribution in [-0.2, 0) is 0 Å². The van der Waals surface area contributed by atoms with Gasteiger partial charge in [0.25, 0.3) is 11.8 Å². The molecule has 0 bridgehead atoms. The van der Waals surface area contributed by atoms with Crippen LogP contribution in [-0.4, -0.2) is 41.0 Å². The number of nitrogens with one attached hydrogen (secondary N) is 2. The molecule has 1 heterocycles. The standard InChI is InChI=1S/C22H25N3O3S/c1-15(2)28-17-11-9-16(10-12-17)20(26)24-22(29)23-19-8-4-3-7-18(19)21(27)25-13-5-6-14-25/h3-4,7-12,15H,5-6,13-14H2,1-2H3,(H2,23,24,26,29). The van der Waals surface area contributed by atoms with Crippen molar-refractivity contribution in [2.45, 2.75) is 32.8 Å². The number of carbonyl (C=O) groups excluding carboxylic acids is 2. The van der Waals surface area contributed by atoms with Gasteiger partial charge in [0.05, 0.1) is 17.4 Å². The summed E-state index contributed by atoms with van der Waals surface area (Å²) in [7, 11) is 0. The Bertz CT molecular complexity index is 890. The summed E-state index contributed by atoms with van der Waals surface area (Å²) in [4.78, 5) is 27.0. The van der Waals surface area contributed by atoms with Crippen LogP contribution in [0.15, 0.2) is 48.5 Å². The molecule has 1 saturated heterocycles. The zero-order valence-corrected chi connectivity index (χ0v) is 17.4. The maximum Gasteiger partial charge on any atom is 0.257 e. The summed E-state index contributed by atoms with van der Waals surface area (Å²) >= 11 is 5.28. The highest BCUT2D eigenvalue weighted by Crippen LogP contribution is 2.20. The number of ether oxygens (including phenoxy) is 1. The maximum absolute atomic E-state index is 12.7. The van der Waals surface area contributed by atoms with Crippen LogP contribution in [0.25, 0.3) is 0 Å². The molecule has 0 aromatic heterocycles. The average Bonchev–Trinajstić information content (AvgIpc) is 3.22. The highest BCUT2D eigenvalue weighted by Gasteiger charge is 2.22. The highest BCUT2D eigenvalue weighted by atomic mass is 32.1. The lowest BCUT2D eigenvalue weighted by molar-refractivity contribution is 0.0793. The molecule has 2 amide bonds. The minimum absolute atomic E-state index is 0.0273. The van der Waals surface area contributed by atoms with Gasteiger partial charge in [-0.05, 0) is 75.3 Å². The van der Waals surface area contributed by atoms with E-state index < -0.39 is 0 Å². The van der Waals surface area contributed by atoms with Crippen molar-refractivity contribution in [1.29, 1.82) is 0 Å². The first kappa shape index (κ1) is 20.8. The van der Waals surface area contributed by atoms with Gasteiger partial charge in [-0.2, -0.15) is 0 Å². The molecule has 29 heavy (non-hydrogen) atoms. The molecule has 2 aromatic rings. The second-order valence-electron chi connectivity index (χ2n) is 7.14. The SMILES string of the molecule is CC(C)Oc1ccc(C(=O)NC(=S)Nc2ccccc2C(=O)N2CCCC2)cc1. The number of hydrogen-bond acceptors (Lipinski definition) is 4. The van der Waals surface area contributed by atoms with Crippen molar-refractivity contribution in [1.82, 2.24) is 10.2 Å². The highest BCUT2D eigenvalue weighted by molar-refractivity contribution is 7.80. The van der Waals surface area contributed by atoms with Gasteiger partial charge in [-0.15, -0.1) is 0 Å². The summed E-state index contributed by atoms with van der Waals surface area (Å²) in [5.74, 6) is 0.342. The van der Waals surface area contributed by atoms with Gasteiger partial charge in [-0.25, -0.2) is 0 Å². The zero-order valence-electron chi connectivity index (χ0n) is 16.6. The van der Waals surface area contributed by atoms with E-state index in [4.69, 9.17) is 17.0 Å². The van der Waals surface area contributed by atoms with Crippen LogP contribution >= 0.6 is 12.2 Å². The Hall–Kier alpha value is -2.93. The zero-order chi connectivity index (χ0) is 20.8. The first-order valence-corrected chi connectivity index (χ1v) is 10.1. The number of benzene rings is 2. The summed E-state index contributed by atoms with van der Waals surface area (Å²) in [5.41, 5.74) is 1.59. The van der Waals surface area contributed by atoms with E-state index in [1.54, 1.807) is 36.4 Å². The monoisotopic (exact) mass is 411 g/mol. The number of nitrogens with zero attached hydrogens (tertiary/aromatic N) is 1. The van der Waals surface area contributed by atoms with Crippen LogP contribution in [0.3, 0.4) is 0 Å². The third-order valence-corrected chi connectivity index (χ3v) is 4.72. The smallest absolute Gasteiger partial charge is 0.257 e. The van der Waals surface area contributed by atoms with E-state index in [0.717, 1.165) is 25.9 Å². The predicted molar refractivity (Wildman–Crippen MR) is 117 cm³/mol. The number of likely N-dealkylation sites (tertiary alicyclic amines) is 1. The first-order chi connectivity index (χ1) is 13.9. The van der Waals surface area contributed by atoms with Crippen LogP contribution < -0.4 is 15.4 Å². The molecule has 0 spiro atoms. The number of para-hydroxylation sites is 1. The summed E-state index contributed by atoms with van der Waals surface area (Å²) in [6.45, 7) is 5.42. The van der Waals surface area contributed by atoms with E-state index in [-0.39, 0.29) is 23.0 Å². The van der Waals surface area contributed by atoms with Gasteiger partial charge in [-0.3, -0.25) is 14.9 Å². The van der Waals surface area contributed by atoms with Gasteiger partial charge in [0.2, 0.25) is 0 Å². The molecule has 1 aliphatic heterocycles. The molecule has 0 unspecified atom stereocenters. The number of thiocarbonyl (C=S) groups is 1. The lowest BCUT2D eigenvalue weighted by atomic mass is 10.1. The van der Waals surface area contributed by atoms with Crippen LogP contribution in [0.5, 0.6) is 5.75 Å². The Morgan fingerprint density at radius 1 is 1.03 bits per heavy atom. The van der Waals surface area contributed by atoms with E-state index in [1.807, 2.05) is 30.9 Å². The lowest BCUT2D eigenvalue weighted by Crippen LogP contribution is -2.35. The van der Waals surface area contributed by atoms with Gasteiger partial charge in [0.1, 0.15) is 5.75 Å². The fourth-order valence-corrected chi connectivity index (χ4v) is 3.36. The number of carbonyl (C=O) groups is 2. The average molecular weight is 412 g/mol. The molecule has 0 saturated carbocycles. The second-order valence-corrected chi connectivity index (χ2v) is 7.55. The van der Waals surface area contributed by atoms with E-state index in [1.165, 1.54) is 0 Å². The number of anilines is 1. The molecular weight excluding hydrogens is 386 g/mol. The number of rotatable bonds is 5. The molecule has 2 aromatic carbocycles. The molecule has 0 radical (unpaired) electrons. The summed E-state index contributed by atoms with van der Waals surface area (Å²) in [6, 6.07) is 14.0. The predicted octanol–water partition coefficient (Wildman–Crippen LogP) is 3.84. The molecule has 1 fully saturated rings. The van der Waals surface area contributed by atoms with Gasteiger partial charge < -0.3 is 15.0 Å². The van der Waals surface area contributed by atoms with Crippen molar-refractivity contribution in [2.75, 3.05) is 18.4 Å². The van der Waals surface area contributed by atoms with E-state index >= 15 is 0 Å². The van der Waals surface area contributed by atoms with Crippen LogP contribution in [0.4, 0.5) is 5.69 Å². The van der Waals surface area contributed by atoms with Crippen molar-refractivity contribution in [3.05, 3.63) is 59.7 Å². The minimum Gasteiger partial charge on any atom is -0.491 e. The molecule has 7 heteroatoms. The van der Waals surface area contributed by atoms with Crippen molar-refractivity contribution >= 4 is 34.8 Å². The summed E-state index contributed by atoms with van der Waals surface area (Å²) in [5, 5.41) is 5.77. The quantitative estimate of drug-likeness (QED) is 0.732. The van der Waals surface area contributed by atoms with Gasteiger partial charge >= 0.3 is 0 Å². The molecule has 6 nitrogen and oxygen atoms in total. The molecule has 1 aliphatic rings. The summed E-state index contributed by atoms with van der Waals surface area (Å²) < 4.78 is 5.58. The third-order valence-electron chi connectivity index (χ3n) is 4.51. The number of amides is 2. The lowest BCUT2D eigenvalue weighted by Gasteiger charge is -2.18.